The first kappa shape index (κ1) is 28.1. The van der Waals surface area contributed by atoms with Crippen LogP contribution in [0.3, 0.4) is 0 Å². The summed E-state index contributed by atoms with van der Waals surface area (Å²) >= 11 is 0. The zero-order valence-electron chi connectivity index (χ0n) is 26.5. The van der Waals surface area contributed by atoms with E-state index in [2.05, 4.69) is 91.0 Å². The highest BCUT2D eigenvalue weighted by molar-refractivity contribution is 7.85. The lowest BCUT2D eigenvalue weighted by molar-refractivity contribution is 0.592. The highest BCUT2D eigenvalue weighted by Gasteiger charge is 2.30. The molecule has 0 saturated heterocycles. The van der Waals surface area contributed by atoms with Gasteiger partial charge in [-0.05, 0) is 73.5 Å². The molecule has 0 amide bonds. The van der Waals surface area contributed by atoms with Gasteiger partial charge in [-0.25, -0.2) is 0 Å². The van der Waals surface area contributed by atoms with Gasteiger partial charge in [0.2, 0.25) is 0 Å². The van der Waals surface area contributed by atoms with Crippen molar-refractivity contribution in [1.29, 1.82) is 0 Å². The van der Waals surface area contributed by atoms with E-state index in [0.29, 0.717) is 0 Å². The van der Waals surface area contributed by atoms with Crippen LogP contribution in [0.15, 0.2) is 180 Å². The van der Waals surface area contributed by atoms with Crippen LogP contribution in [0, 0.1) is 0 Å². The largest absolute Gasteiger partial charge is 0.456 e. The lowest BCUT2D eigenvalue weighted by atomic mass is 9.91. The summed E-state index contributed by atoms with van der Waals surface area (Å²) in [4.78, 5) is 0. The fraction of sp³-hybridized carbons (Fsp3) is 0. The molecule has 0 fully saturated rings. The Morgan fingerprint density at radius 1 is 0.367 bits per heavy atom. The average Bonchev–Trinajstić information content (AvgIpc) is 3.72. The first-order valence-electron chi connectivity index (χ1n) is 16.6. The predicted octanol–water partition coefficient (Wildman–Crippen LogP) is 11.4. The maximum atomic E-state index is 14.9. The molecule has 0 N–H and O–H groups in total. The van der Waals surface area contributed by atoms with Gasteiger partial charge >= 0.3 is 0 Å². The monoisotopic (exact) mass is 644 g/mol. The first-order chi connectivity index (χ1) is 24.2. The van der Waals surface area contributed by atoms with Crippen LogP contribution in [0.25, 0.3) is 77.2 Å². The Morgan fingerprint density at radius 2 is 0.959 bits per heavy atom. The fourth-order valence-electron chi connectivity index (χ4n) is 7.88. The molecule has 2 nitrogen and oxygen atoms in total. The molecule has 3 heteroatoms. The second kappa shape index (κ2) is 10.8. The van der Waals surface area contributed by atoms with Crippen LogP contribution in [-0.2, 0) is 4.57 Å². The first-order valence-corrected chi connectivity index (χ1v) is 18.3. The molecule has 9 aromatic rings. The summed E-state index contributed by atoms with van der Waals surface area (Å²) in [7, 11) is -3.04. The van der Waals surface area contributed by atoms with Crippen molar-refractivity contribution in [3.8, 4) is 44.5 Å². The van der Waals surface area contributed by atoms with E-state index in [0.717, 1.165) is 49.2 Å². The molecule has 0 spiro atoms. The molecule has 1 aliphatic carbocycles. The molecule has 0 unspecified atom stereocenters. The molecule has 1 aromatic heterocycles. The summed E-state index contributed by atoms with van der Waals surface area (Å²) < 4.78 is 21.3. The van der Waals surface area contributed by atoms with Gasteiger partial charge in [-0.3, -0.25) is 0 Å². The average molecular weight is 645 g/mol. The van der Waals surface area contributed by atoms with Gasteiger partial charge in [-0.1, -0.05) is 158 Å². The lowest BCUT2D eigenvalue weighted by Gasteiger charge is -2.20. The molecule has 1 aliphatic rings. The smallest absolute Gasteiger partial charge is 0.171 e. The van der Waals surface area contributed by atoms with Crippen LogP contribution >= 0.6 is 7.14 Å². The third kappa shape index (κ3) is 4.18. The van der Waals surface area contributed by atoms with E-state index < -0.39 is 7.14 Å². The number of benzene rings is 8. The van der Waals surface area contributed by atoms with E-state index in [1.807, 2.05) is 84.9 Å². The van der Waals surface area contributed by atoms with Crippen molar-refractivity contribution in [3.05, 3.63) is 176 Å². The van der Waals surface area contributed by atoms with Crippen LogP contribution in [0.4, 0.5) is 0 Å². The Balaban J connectivity index is 1.08. The summed E-state index contributed by atoms with van der Waals surface area (Å²) in [6, 6.07) is 60.6. The summed E-state index contributed by atoms with van der Waals surface area (Å²) in [6.45, 7) is 0. The number of fused-ring (bicyclic) bond motifs is 7. The van der Waals surface area contributed by atoms with Gasteiger partial charge in [0.1, 0.15) is 11.2 Å². The van der Waals surface area contributed by atoms with Crippen LogP contribution in [-0.4, -0.2) is 0 Å². The fourth-order valence-corrected chi connectivity index (χ4v) is 10.5. The minimum absolute atomic E-state index is 0.829. The quantitative estimate of drug-likeness (QED) is 0.175. The molecule has 0 saturated carbocycles. The molecule has 8 aromatic carbocycles. The standard InChI is InChI=1S/C46H29O2P/c47-49(33-14-3-1-4-15-33,34-16-5-2-6-17-34)35-26-24-30(25-27-35)31-12-9-13-32(28-31)36-19-10-20-37-41-29-43-46(38-18-7-8-23-42(38)48-43)40-22-11-21-39(44(36)37)45(40)41/h1-29H. The van der Waals surface area contributed by atoms with Crippen molar-refractivity contribution in [2.45, 2.75) is 0 Å². The number of rotatable bonds is 5. The van der Waals surface area contributed by atoms with Gasteiger partial charge in [0, 0.05) is 26.7 Å². The Morgan fingerprint density at radius 3 is 1.73 bits per heavy atom. The van der Waals surface area contributed by atoms with E-state index in [1.54, 1.807) is 0 Å². The molecule has 1 heterocycles. The second-order valence-electron chi connectivity index (χ2n) is 12.8. The van der Waals surface area contributed by atoms with E-state index in [9.17, 15) is 4.57 Å². The summed E-state index contributed by atoms with van der Waals surface area (Å²) in [6.07, 6.45) is 0. The lowest BCUT2D eigenvalue weighted by Crippen LogP contribution is -2.24. The van der Waals surface area contributed by atoms with E-state index in [-0.39, 0.29) is 0 Å². The van der Waals surface area contributed by atoms with Gasteiger partial charge in [0.05, 0.1) is 0 Å². The molecule has 10 rings (SSSR count). The SMILES string of the molecule is O=P(c1ccccc1)(c1ccccc1)c1ccc(-c2cccc(-c3cccc4c3-c3cccc5c3c-4cc3oc4ccccc4c35)c2)cc1. The number of furan rings is 1. The van der Waals surface area contributed by atoms with E-state index >= 15 is 0 Å². The highest BCUT2D eigenvalue weighted by atomic mass is 31.2. The van der Waals surface area contributed by atoms with E-state index in [4.69, 9.17) is 4.42 Å². The summed E-state index contributed by atoms with van der Waals surface area (Å²) in [5.74, 6) is 0. The van der Waals surface area contributed by atoms with Gasteiger partial charge in [0.15, 0.2) is 7.14 Å². The van der Waals surface area contributed by atoms with Crippen molar-refractivity contribution in [2.75, 3.05) is 0 Å². The number of hydrogen-bond acceptors (Lipinski definition) is 2. The zero-order valence-corrected chi connectivity index (χ0v) is 27.4. The highest BCUT2D eigenvalue weighted by Crippen LogP contribution is 2.53. The van der Waals surface area contributed by atoms with Crippen molar-refractivity contribution >= 4 is 55.8 Å². The molecule has 0 radical (unpaired) electrons. The second-order valence-corrected chi connectivity index (χ2v) is 15.5. The van der Waals surface area contributed by atoms with Gasteiger partial charge in [-0.15, -0.1) is 0 Å². The Labute approximate surface area is 284 Å². The van der Waals surface area contributed by atoms with E-state index in [1.165, 1.54) is 44.0 Å². The van der Waals surface area contributed by atoms with Crippen molar-refractivity contribution in [2.24, 2.45) is 0 Å². The summed E-state index contributed by atoms with van der Waals surface area (Å²) in [5, 5.41) is 7.36. The normalized spacial score (nSPS) is 12.2. The van der Waals surface area contributed by atoms with Gasteiger partial charge in [-0.2, -0.15) is 0 Å². The van der Waals surface area contributed by atoms with Crippen LogP contribution in [0.5, 0.6) is 0 Å². The molecular formula is C46H29O2P. The summed E-state index contributed by atoms with van der Waals surface area (Å²) in [5.41, 5.74) is 11.4. The molecular weight excluding hydrogens is 615 g/mol. The van der Waals surface area contributed by atoms with Crippen molar-refractivity contribution in [3.63, 3.8) is 0 Å². The Hall–Kier alpha value is -5.95. The third-order valence-corrected chi connectivity index (χ3v) is 13.2. The predicted molar refractivity (Wildman–Crippen MR) is 206 cm³/mol. The molecule has 0 aliphatic heterocycles. The van der Waals surface area contributed by atoms with Gasteiger partial charge < -0.3 is 8.98 Å². The minimum Gasteiger partial charge on any atom is -0.456 e. The van der Waals surface area contributed by atoms with Crippen LogP contribution < -0.4 is 15.9 Å². The Kier molecular flexibility index (Phi) is 6.19. The maximum absolute atomic E-state index is 14.9. The maximum Gasteiger partial charge on any atom is 0.171 e. The van der Waals surface area contributed by atoms with Crippen molar-refractivity contribution < 1.29 is 8.98 Å². The molecule has 0 atom stereocenters. The van der Waals surface area contributed by atoms with Gasteiger partial charge in [0.25, 0.3) is 0 Å². The topological polar surface area (TPSA) is 30.2 Å². The van der Waals surface area contributed by atoms with Crippen LogP contribution in [0.1, 0.15) is 0 Å². The number of para-hydroxylation sites is 1. The van der Waals surface area contributed by atoms with Crippen LogP contribution in [0.2, 0.25) is 0 Å². The Bertz CT molecular complexity index is 2730. The molecule has 230 valence electrons. The van der Waals surface area contributed by atoms with Crippen molar-refractivity contribution in [1.82, 2.24) is 0 Å². The zero-order chi connectivity index (χ0) is 32.5. The minimum atomic E-state index is -3.04. The molecule has 0 bridgehead atoms. The number of hydrogen-bond donors (Lipinski definition) is 0. The molecule has 49 heavy (non-hydrogen) atoms. The third-order valence-electron chi connectivity index (χ3n) is 10.1.